The van der Waals surface area contributed by atoms with E-state index in [1.165, 1.54) is 18.5 Å². The summed E-state index contributed by atoms with van der Waals surface area (Å²) in [4.78, 5) is 0. The molecule has 0 bridgehead atoms. The first-order chi connectivity index (χ1) is 5.74. The maximum atomic E-state index is 5.55. The molecule has 0 amide bonds. The van der Waals surface area contributed by atoms with E-state index in [0.29, 0.717) is 6.54 Å². The summed E-state index contributed by atoms with van der Waals surface area (Å²) in [5.41, 5.74) is 7.83. The van der Waals surface area contributed by atoms with Crippen molar-refractivity contribution >= 4 is 15.9 Å². The van der Waals surface area contributed by atoms with Gasteiger partial charge in [-0.05, 0) is 28.8 Å². The number of aryl methyl sites for hydroxylation is 1. The van der Waals surface area contributed by atoms with Gasteiger partial charge >= 0.3 is 0 Å². The zero-order chi connectivity index (χ0) is 8.72. The number of aromatic nitrogens is 2. The summed E-state index contributed by atoms with van der Waals surface area (Å²) in [6.07, 6.45) is 2.59. The maximum absolute atomic E-state index is 5.55. The molecule has 66 valence electrons. The van der Waals surface area contributed by atoms with Crippen LogP contribution in [0.5, 0.6) is 0 Å². The van der Waals surface area contributed by atoms with Crippen molar-refractivity contribution in [3.8, 4) is 0 Å². The molecule has 12 heavy (non-hydrogen) atoms. The molecule has 0 unspecified atom stereocenters. The zero-order valence-corrected chi connectivity index (χ0v) is 8.63. The highest BCUT2D eigenvalue weighted by atomic mass is 79.9. The third-order valence-corrected chi connectivity index (χ3v) is 3.12. The monoisotopic (exact) mass is 229 g/mol. The smallest absolute Gasteiger partial charge is 0.0905 e. The summed E-state index contributed by atoms with van der Waals surface area (Å²) in [6.45, 7) is 0.515. The molecule has 1 aliphatic rings. The quantitative estimate of drug-likeness (QED) is 0.836. The van der Waals surface area contributed by atoms with Crippen molar-refractivity contribution < 1.29 is 0 Å². The van der Waals surface area contributed by atoms with Crippen molar-refractivity contribution in [2.75, 3.05) is 0 Å². The van der Waals surface area contributed by atoms with Crippen molar-refractivity contribution in [3.63, 3.8) is 0 Å². The Morgan fingerprint density at radius 1 is 1.67 bits per heavy atom. The van der Waals surface area contributed by atoms with Crippen LogP contribution in [0, 0.1) is 0 Å². The van der Waals surface area contributed by atoms with Crippen LogP contribution in [0.3, 0.4) is 0 Å². The van der Waals surface area contributed by atoms with Crippen LogP contribution in [-0.4, -0.2) is 9.78 Å². The number of hydrogen-bond acceptors (Lipinski definition) is 2. The molecule has 3 nitrogen and oxygen atoms in total. The van der Waals surface area contributed by atoms with Crippen molar-refractivity contribution in [1.82, 2.24) is 9.78 Å². The molecule has 1 heterocycles. The summed E-state index contributed by atoms with van der Waals surface area (Å²) >= 11 is 3.54. The van der Waals surface area contributed by atoms with E-state index in [1.807, 2.05) is 11.7 Å². The first-order valence-electron chi connectivity index (χ1n) is 4.15. The third kappa shape index (κ3) is 1.19. The van der Waals surface area contributed by atoms with Crippen LogP contribution in [0.4, 0.5) is 0 Å². The Morgan fingerprint density at radius 3 is 2.75 bits per heavy atom. The molecular weight excluding hydrogens is 218 g/mol. The number of rotatable bonds is 2. The Labute approximate surface area is 80.1 Å². The van der Waals surface area contributed by atoms with E-state index >= 15 is 0 Å². The lowest BCUT2D eigenvalue weighted by Crippen LogP contribution is -1.99. The Hall–Kier alpha value is -0.350. The highest BCUT2D eigenvalue weighted by Crippen LogP contribution is 2.43. The van der Waals surface area contributed by atoms with Gasteiger partial charge in [0.1, 0.15) is 0 Å². The zero-order valence-electron chi connectivity index (χ0n) is 7.05. The SMILES string of the molecule is Cn1nc(CN)c(Br)c1C1CC1. The molecule has 1 aliphatic carbocycles. The number of nitrogens with two attached hydrogens (primary N) is 1. The molecule has 2 rings (SSSR count). The lowest BCUT2D eigenvalue weighted by atomic mass is 10.2. The number of nitrogens with zero attached hydrogens (tertiary/aromatic N) is 2. The van der Waals surface area contributed by atoms with Crippen LogP contribution in [0.25, 0.3) is 0 Å². The molecule has 0 radical (unpaired) electrons. The molecule has 1 fully saturated rings. The van der Waals surface area contributed by atoms with Crippen LogP contribution in [-0.2, 0) is 13.6 Å². The Bertz CT molecular complexity index is 301. The van der Waals surface area contributed by atoms with E-state index in [2.05, 4.69) is 21.0 Å². The second-order valence-corrected chi connectivity index (χ2v) is 4.04. The summed E-state index contributed by atoms with van der Waals surface area (Å²) < 4.78 is 3.07. The average molecular weight is 230 g/mol. The van der Waals surface area contributed by atoms with Crippen molar-refractivity contribution in [3.05, 3.63) is 15.9 Å². The highest BCUT2D eigenvalue weighted by Gasteiger charge is 2.30. The number of halogens is 1. The predicted molar refractivity (Wildman–Crippen MR) is 50.8 cm³/mol. The van der Waals surface area contributed by atoms with Gasteiger partial charge in [0.25, 0.3) is 0 Å². The summed E-state index contributed by atoms with van der Waals surface area (Å²) in [6, 6.07) is 0. The molecule has 2 N–H and O–H groups in total. The van der Waals surface area contributed by atoms with Crippen LogP contribution in [0.2, 0.25) is 0 Å². The molecular formula is C8H12BrN3. The minimum atomic E-state index is 0.515. The third-order valence-electron chi connectivity index (χ3n) is 2.25. The van der Waals surface area contributed by atoms with Gasteiger partial charge in [-0.3, -0.25) is 4.68 Å². The maximum Gasteiger partial charge on any atom is 0.0905 e. The summed E-state index contributed by atoms with van der Waals surface area (Å²) in [7, 11) is 1.98. The molecule has 0 atom stereocenters. The largest absolute Gasteiger partial charge is 0.325 e. The topological polar surface area (TPSA) is 43.8 Å². The van der Waals surface area contributed by atoms with Gasteiger partial charge < -0.3 is 5.73 Å². The van der Waals surface area contributed by atoms with E-state index in [-0.39, 0.29) is 0 Å². The molecule has 0 aliphatic heterocycles. The van der Waals surface area contributed by atoms with Crippen LogP contribution in [0.15, 0.2) is 4.47 Å². The molecule has 4 heteroatoms. The second kappa shape index (κ2) is 2.85. The fourth-order valence-electron chi connectivity index (χ4n) is 1.50. The van der Waals surface area contributed by atoms with Gasteiger partial charge in [-0.1, -0.05) is 0 Å². The second-order valence-electron chi connectivity index (χ2n) is 3.25. The first kappa shape index (κ1) is 8.26. The van der Waals surface area contributed by atoms with Gasteiger partial charge in [0, 0.05) is 19.5 Å². The molecule has 0 aromatic carbocycles. The van der Waals surface area contributed by atoms with E-state index in [9.17, 15) is 0 Å². The first-order valence-corrected chi connectivity index (χ1v) is 4.94. The van der Waals surface area contributed by atoms with Gasteiger partial charge in [0.15, 0.2) is 0 Å². The Morgan fingerprint density at radius 2 is 2.33 bits per heavy atom. The fraction of sp³-hybridized carbons (Fsp3) is 0.625. The summed E-state index contributed by atoms with van der Waals surface area (Å²) in [5, 5.41) is 4.33. The molecule has 1 aromatic heterocycles. The van der Waals surface area contributed by atoms with Crippen LogP contribution < -0.4 is 5.73 Å². The van der Waals surface area contributed by atoms with Gasteiger partial charge in [0.05, 0.1) is 15.9 Å². The van der Waals surface area contributed by atoms with E-state index in [1.54, 1.807) is 0 Å². The molecule has 0 saturated heterocycles. The van der Waals surface area contributed by atoms with Crippen molar-refractivity contribution in [2.45, 2.75) is 25.3 Å². The standard InChI is InChI=1S/C8H12BrN3/c1-12-8(5-2-3-5)7(9)6(4-10)11-12/h5H,2-4,10H2,1H3. The van der Waals surface area contributed by atoms with Crippen LogP contribution in [0.1, 0.15) is 30.1 Å². The summed E-state index contributed by atoms with van der Waals surface area (Å²) in [5.74, 6) is 0.720. The molecule has 1 saturated carbocycles. The lowest BCUT2D eigenvalue weighted by molar-refractivity contribution is 0.699. The number of hydrogen-bond donors (Lipinski definition) is 1. The van der Waals surface area contributed by atoms with E-state index < -0.39 is 0 Å². The van der Waals surface area contributed by atoms with Gasteiger partial charge in [-0.15, -0.1) is 0 Å². The van der Waals surface area contributed by atoms with Crippen LogP contribution >= 0.6 is 15.9 Å². The minimum absolute atomic E-state index is 0.515. The van der Waals surface area contributed by atoms with Crippen molar-refractivity contribution in [2.24, 2.45) is 12.8 Å². The Kier molecular flexibility index (Phi) is 1.96. The Balaban J connectivity index is 2.44. The normalized spacial score (nSPS) is 16.9. The molecule has 0 spiro atoms. The van der Waals surface area contributed by atoms with Crippen molar-refractivity contribution in [1.29, 1.82) is 0 Å². The lowest BCUT2D eigenvalue weighted by Gasteiger charge is -1.97. The van der Waals surface area contributed by atoms with E-state index in [0.717, 1.165) is 16.1 Å². The van der Waals surface area contributed by atoms with Gasteiger partial charge in [-0.2, -0.15) is 5.10 Å². The minimum Gasteiger partial charge on any atom is -0.325 e. The molecule has 1 aromatic rings. The van der Waals surface area contributed by atoms with Gasteiger partial charge in [0.2, 0.25) is 0 Å². The van der Waals surface area contributed by atoms with Gasteiger partial charge in [-0.25, -0.2) is 0 Å². The average Bonchev–Trinajstić information content (AvgIpc) is 2.80. The van der Waals surface area contributed by atoms with E-state index in [4.69, 9.17) is 5.73 Å². The highest BCUT2D eigenvalue weighted by molar-refractivity contribution is 9.10. The fourth-order valence-corrected chi connectivity index (χ4v) is 2.32. The predicted octanol–water partition coefficient (Wildman–Crippen LogP) is 1.52.